The van der Waals surface area contributed by atoms with E-state index in [1.165, 1.54) is 5.57 Å². The van der Waals surface area contributed by atoms with Gasteiger partial charge in [-0.15, -0.1) is 5.06 Å². The van der Waals surface area contributed by atoms with Crippen LogP contribution in [0.15, 0.2) is 11.6 Å². The number of Topliss-reactive ketones (excluding diaryl/α,β-unsaturated/α-hetero) is 1. The van der Waals surface area contributed by atoms with Crippen LogP contribution >= 0.6 is 0 Å². The normalized spacial score (nSPS) is 47.1. The Kier molecular flexibility index (Phi) is 6.06. The van der Waals surface area contributed by atoms with Gasteiger partial charge in [0.1, 0.15) is 5.78 Å². The molecular weight excluding hydrogens is 518 g/mol. The van der Waals surface area contributed by atoms with E-state index in [1.807, 2.05) is 13.0 Å². The van der Waals surface area contributed by atoms with Gasteiger partial charge < -0.3 is 4.84 Å². The standard InChI is InChI=1S/C34H47NO6/c1-29(2)23-10-13-34(7)27(32(23,5)12-11-24(29)37)22(36)18-20-21-19-31(4,15-14-30(21,3)16-17-33(20,34)6)28(40)41-35-25(38)8-9-26(35)39/h18,21,23,27H,8-17,19H2,1-7H3/t21-,23+,27-,30-,31+,32+,33-,34-/m1/s1. The first-order valence-corrected chi connectivity index (χ1v) is 15.8. The highest BCUT2D eigenvalue weighted by molar-refractivity contribution is 6.02. The molecule has 0 aromatic heterocycles. The summed E-state index contributed by atoms with van der Waals surface area (Å²) in [5.41, 5.74) is -0.784. The highest BCUT2D eigenvalue weighted by Crippen LogP contribution is 2.74. The molecule has 5 aliphatic carbocycles. The molecule has 0 N–H and O–H groups in total. The lowest BCUT2D eigenvalue weighted by Gasteiger charge is -2.69. The summed E-state index contributed by atoms with van der Waals surface area (Å²) < 4.78 is 0. The van der Waals surface area contributed by atoms with Gasteiger partial charge in [-0.1, -0.05) is 47.1 Å². The van der Waals surface area contributed by atoms with E-state index < -0.39 is 28.6 Å². The summed E-state index contributed by atoms with van der Waals surface area (Å²) in [7, 11) is 0. The van der Waals surface area contributed by atoms with Crippen molar-refractivity contribution in [1.82, 2.24) is 5.06 Å². The van der Waals surface area contributed by atoms with Crippen molar-refractivity contribution in [2.75, 3.05) is 0 Å². The number of nitrogens with zero attached hydrogens (tertiary/aromatic N) is 1. The molecule has 41 heavy (non-hydrogen) atoms. The number of amides is 2. The van der Waals surface area contributed by atoms with Crippen LogP contribution < -0.4 is 0 Å². The van der Waals surface area contributed by atoms with Crippen molar-refractivity contribution >= 4 is 29.4 Å². The molecule has 6 rings (SSSR count). The van der Waals surface area contributed by atoms with Crippen molar-refractivity contribution in [3.63, 3.8) is 0 Å². The first kappa shape index (κ1) is 28.8. The van der Waals surface area contributed by atoms with Gasteiger partial charge in [-0.05, 0) is 97.9 Å². The van der Waals surface area contributed by atoms with Crippen LogP contribution in [0.4, 0.5) is 0 Å². The maximum Gasteiger partial charge on any atom is 0.339 e. The second kappa shape index (κ2) is 8.63. The lowest BCUT2D eigenvalue weighted by Crippen LogP contribution is -2.66. The average Bonchev–Trinajstić information content (AvgIpc) is 3.21. The van der Waals surface area contributed by atoms with Crippen LogP contribution in [0.25, 0.3) is 0 Å². The van der Waals surface area contributed by atoms with Gasteiger partial charge in [-0.3, -0.25) is 19.2 Å². The first-order valence-electron chi connectivity index (χ1n) is 15.8. The molecule has 2 amide bonds. The minimum atomic E-state index is -0.857. The zero-order valence-corrected chi connectivity index (χ0v) is 26.0. The van der Waals surface area contributed by atoms with E-state index in [2.05, 4.69) is 41.5 Å². The van der Waals surface area contributed by atoms with E-state index in [-0.39, 0.29) is 58.0 Å². The number of imide groups is 1. The fourth-order valence-corrected chi connectivity index (χ4v) is 11.0. The molecule has 0 aromatic carbocycles. The van der Waals surface area contributed by atoms with Crippen molar-refractivity contribution < 1.29 is 28.8 Å². The predicted molar refractivity (Wildman–Crippen MR) is 152 cm³/mol. The molecule has 6 aliphatic rings. The number of hydrogen-bond acceptors (Lipinski definition) is 6. The van der Waals surface area contributed by atoms with Gasteiger partial charge in [0.05, 0.1) is 5.41 Å². The summed E-state index contributed by atoms with van der Waals surface area (Å²) >= 11 is 0. The van der Waals surface area contributed by atoms with E-state index in [0.29, 0.717) is 30.1 Å². The number of carbonyl (C=O) groups excluding carboxylic acids is 5. The summed E-state index contributed by atoms with van der Waals surface area (Å²) in [6, 6.07) is 0. The van der Waals surface area contributed by atoms with Gasteiger partial charge in [0.2, 0.25) is 0 Å². The van der Waals surface area contributed by atoms with Crippen LogP contribution in [0.5, 0.6) is 0 Å². The third kappa shape index (κ3) is 3.65. The third-order valence-electron chi connectivity index (χ3n) is 14.0. The Labute approximate surface area is 244 Å². The maximum atomic E-state index is 14.4. The Morgan fingerprint density at radius 2 is 1.46 bits per heavy atom. The van der Waals surface area contributed by atoms with Crippen molar-refractivity contribution in [3.05, 3.63) is 11.6 Å². The maximum absolute atomic E-state index is 14.4. The zero-order valence-electron chi connectivity index (χ0n) is 26.0. The largest absolute Gasteiger partial charge is 0.339 e. The molecule has 0 spiro atoms. The quantitative estimate of drug-likeness (QED) is 0.373. The summed E-state index contributed by atoms with van der Waals surface area (Å²) in [6.07, 6.45) is 9.29. The van der Waals surface area contributed by atoms with E-state index in [4.69, 9.17) is 4.84 Å². The van der Waals surface area contributed by atoms with Gasteiger partial charge in [-0.25, -0.2) is 4.79 Å². The van der Waals surface area contributed by atoms with Crippen LogP contribution in [0.2, 0.25) is 0 Å². The number of hydroxylamine groups is 2. The average molecular weight is 566 g/mol. The second-order valence-electron chi connectivity index (χ2n) is 16.4. The van der Waals surface area contributed by atoms with Crippen molar-refractivity contribution in [3.8, 4) is 0 Å². The van der Waals surface area contributed by atoms with Crippen molar-refractivity contribution in [2.24, 2.45) is 50.2 Å². The molecule has 224 valence electrons. The Balaban J connectivity index is 1.37. The van der Waals surface area contributed by atoms with E-state index in [0.717, 1.165) is 38.5 Å². The Morgan fingerprint density at radius 3 is 2.12 bits per heavy atom. The van der Waals surface area contributed by atoms with Crippen LogP contribution in [-0.2, 0) is 28.8 Å². The zero-order chi connectivity index (χ0) is 30.0. The fraction of sp³-hybridized carbons (Fsp3) is 0.794. The Morgan fingerprint density at radius 1 is 0.829 bits per heavy atom. The van der Waals surface area contributed by atoms with E-state index in [9.17, 15) is 24.0 Å². The molecule has 4 saturated carbocycles. The molecule has 5 fully saturated rings. The predicted octanol–water partition coefficient (Wildman–Crippen LogP) is 6.14. The van der Waals surface area contributed by atoms with Gasteiger partial charge in [0, 0.05) is 30.6 Å². The summed E-state index contributed by atoms with van der Waals surface area (Å²) in [4.78, 5) is 70.8. The Hall–Kier alpha value is -2.31. The first-order chi connectivity index (χ1) is 18.9. The van der Waals surface area contributed by atoms with Crippen LogP contribution in [0.1, 0.15) is 119 Å². The minimum Gasteiger partial charge on any atom is -0.330 e. The lowest BCUT2D eigenvalue weighted by atomic mass is 9.33. The topological polar surface area (TPSA) is 97.8 Å². The molecule has 0 radical (unpaired) electrons. The van der Waals surface area contributed by atoms with Gasteiger partial charge >= 0.3 is 5.97 Å². The molecule has 8 atom stereocenters. The van der Waals surface area contributed by atoms with Crippen LogP contribution in [0, 0.1) is 50.2 Å². The van der Waals surface area contributed by atoms with E-state index in [1.54, 1.807) is 0 Å². The second-order valence-corrected chi connectivity index (χ2v) is 16.4. The SMILES string of the molecule is CC1(C)C(=O)CC[C@]2(C)[C@H]3C(=O)C=C4[C@H]5C[C@@](C)(C(=O)ON6C(=O)CCC6=O)CC[C@]5(C)CC[C@@]4(C)[C@]3(C)CC[C@@H]12. The molecule has 7 heteroatoms. The fourth-order valence-electron chi connectivity index (χ4n) is 11.0. The number of ketones is 2. The van der Waals surface area contributed by atoms with E-state index >= 15 is 0 Å². The van der Waals surface area contributed by atoms with Crippen molar-refractivity contribution in [2.45, 2.75) is 119 Å². The molecule has 0 bridgehead atoms. The highest BCUT2D eigenvalue weighted by Gasteiger charge is 2.70. The number of carbonyl (C=O) groups is 5. The van der Waals surface area contributed by atoms with Gasteiger partial charge in [-0.2, -0.15) is 0 Å². The number of rotatable bonds is 2. The third-order valence-corrected chi connectivity index (χ3v) is 14.0. The number of hydrogen-bond donors (Lipinski definition) is 0. The molecule has 0 aromatic rings. The lowest BCUT2D eigenvalue weighted by molar-refractivity contribution is -0.209. The summed E-state index contributed by atoms with van der Waals surface area (Å²) in [5, 5.41) is 0.664. The minimum absolute atomic E-state index is 0.0335. The van der Waals surface area contributed by atoms with Crippen LogP contribution in [0.3, 0.4) is 0 Å². The number of fused-ring (bicyclic) bond motifs is 7. The van der Waals surface area contributed by atoms with Crippen molar-refractivity contribution in [1.29, 1.82) is 0 Å². The molecule has 7 nitrogen and oxygen atoms in total. The smallest absolute Gasteiger partial charge is 0.330 e. The van der Waals surface area contributed by atoms with Gasteiger partial charge in [0.25, 0.3) is 11.8 Å². The van der Waals surface area contributed by atoms with Gasteiger partial charge in [0.15, 0.2) is 5.78 Å². The Bertz CT molecular complexity index is 1280. The monoisotopic (exact) mass is 565 g/mol. The molecular formula is C34H47NO6. The van der Waals surface area contributed by atoms with Crippen LogP contribution in [-0.4, -0.2) is 34.4 Å². The molecule has 1 aliphatic heterocycles. The summed E-state index contributed by atoms with van der Waals surface area (Å²) in [6.45, 7) is 15.4. The highest BCUT2D eigenvalue weighted by atomic mass is 16.7. The molecule has 0 unspecified atom stereocenters. The molecule has 1 saturated heterocycles. The molecule has 1 heterocycles. The summed E-state index contributed by atoms with van der Waals surface area (Å²) in [5.74, 6) is -0.833. The number of allylic oxidation sites excluding steroid dienone is 2.